The molecule has 1 aromatic heterocycles. The number of nitrogens with one attached hydrogen (secondary N) is 1. The first-order valence-corrected chi connectivity index (χ1v) is 11.0. The number of nitrogens with two attached hydrogens (primary N) is 1. The van der Waals surface area contributed by atoms with Gasteiger partial charge in [0.1, 0.15) is 0 Å². The molecule has 2 aromatic rings. The SMILES string of the molecule is Cc1cc(C)c(NC(=S)N2CCN(S(=O)(=O)c3ccc(C(N)=O)o3)CC2)c(Cl)c1. The van der Waals surface area contributed by atoms with E-state index in [0.717, 1.165) is 16.8 Å². The number of benzene rings is 1. The number of piperazine rings is 1. The number of halogens is 1. The largest absolute Gasteiger partial charge is 0.438 e. The molecule has 3 rings (SSSR count). The molecular formula is C18H21ClN4O4S2. The second-order valence-electron chi connectivity index (χ2n) is 6.74. The van der Waals surface area contributed by atoms with E-state index in [1.165, 1.54) is 16.4 Å². The number of carbonyl (C=O) groups is 1. The number of furan rings is 1. The molecule has 0 saturated carbocycles. The maximum atomic E-state index is 12.7. The molecule has 1 saturated heterocycles. The number of hydrogen-bond donors (Lipinski definition) is 2. The molecule has 1 amide bonds. The highest BCUT2D eigenvalue weighted by atomic mass is 35.5. The Hall–Kier alpha value is -2.14. The zero-order valence-corrected chi connectivity index (χ0v) is 18.3. The van der Waals surface area contributed by atoms with Crippen molar-refractivity contribution < 1.29 is 17.6 Å². The van der Waals surface area contributed by atoms with Crippen LogP contribution in [0.1, 0.15) is 21.7 Å². The molecule has 0 bridgehead atoms. The summed E-state index contributed by atoms with van der Waals surface area (Å²) in [5.41, 5.74) is 7.89. The van der Waals surface area contributed by atoms with Crippen molar-refractivity contribution in [1.29, 1.82) is 0 Å². The number of rotatable bonds is 4. The van der Waals surface area contributed by atoms with Crippen LogP contribution in [0.4, 0.5) is 5.69 Å². The highest BCUT2D eigenvalue weighted by molar-refractivity contribution is 7.89. The van der Waals surface area contributed by atoms with E-state index in [9.17, 15) is 13.2 Å². The smallest absolute Gasteiger partial charge is 0.284 e. The summed E-state index contributed by atoms with van der Waals surface area (Å²) in [5.74, 6) is -1.02. The Morgan fingerprint density at radius 1 is 1.21 bits per heavy atom. The molecule has 3 N–H and O–H groups in total. The third-order valence-corrected chi connectivity index (χ3v) is 7.04. The van der Waals surface area contributed by atoms with Gasteiger partial charge < -0.3 is 20.4 Å². The summed E-state index contributed by atoms with van der Waals surface area (Å²) < 4.78 is 31.8. The molecule has 1 aliphatic heterocycles. The fourth-order valence-electron chi connectivity index (χ4n) is 3.11. The maximum absolute atomic E-state index is 12.7. The standard InChI is InChI=1S/C18H21ClN4O4S2/c1-11-9-12(2)16(13(19)10-11)21-18(28)22-5-7-23(8-6-22)29(25,26)15-4-3-14(27-15)17(20)24/h3-4,9-10H,5-8H2,1-2H3,(H2,20,24)(H,21,28). The summed E-state index contributed by atoms with van der Waals surface area (Å²) in [5, 5.41) is 3.92. The number of hydrogen-bond acceptors (Lipinski definition) is 5. The topological polar surface area (TPSA) is 109 Å². The van der Waals surface area contributed by atoms with Crippen LogP contribution < -0.4 is 11.1 Å². The van der Waals surface area contributed by atoms with Gasteiger partial charge in [-0.1, -0.05) is 17.7 Å². The Morgan fingerprint density at radius 3 is 2.41 bits per heavy atom. The highest BCUT2D eigenvalue weighted by Gasteiger charge is 2.32. The van der Waals surface area contributed by atoms with Gasteiger partial charge in [0.2, 0.25) is 5.09 Å². The molecule has 1 aromatic carbocycles. The molecule has 0 aliphatic carbocycles. The van der Waals surface area contributed by atoms with Crippen LogP contribution in [0.3, 0.4) is 0 Å². The molecular weight excluding hydrogens is 436 g/mol. The number of primary amides is 1. The van der Waals surface area contributed by atoms with Crippen molar-refractivity contribution in [3.05, 3.63) is 46.2 Å². The zero-order valence-electron chi connectivity index (χ0n) is 15.9. The summed E-state index contributed by atoms with van der Waals surface area (Å²) in [6.07, 6.45) is 0. The van der Waals surface area contributed by atoms with Gasteiger partial charge in [0.05, 0.1) is 10.7 Å². The molecule has 0 radical (unpaired) electrons. The van der Waals surface area contributed by atoms with Gasteiger partial charge in [0.25, 0.3) is 15.9 Å². The molecule has 29 heavy (non-hydrogen) atoms. The summed E-state index contributed by atoms with van der Waals surface area (Å²) in [7, 11) is -3.85. The van der Waals surface area contributed by atoms with Gasteiger partial charge in [-0.05, 0) is 55.4 Å². The third kappa shape index (κ3) is 4.55. The Labute approximate surface area is 179 Å². The lowest BCUT2D eigenvalue weighted by molar-refractivity contribution is 0.0968. The van der Waals surface area contributed by atoms with Crippen LogP contribution in [0, 0.1) is 13.8 Å². The van der Waals surface area contributed by atoms with Crippen LogP contribution in [-0.2, 0) is 10.0 Å². The predicted molar refractivity (Wildman–Crippen MR) is 115 cm³/mol. The van der Waals surface area contributed by atoms with E-state index in [0.29, 0.717) is 23.2 Å². The minimum Gasteiger partial charge on any atom is -0.438 e. The maximum Gasteiger partial charge on any atom is 0.284 e. The molecule has 1 aliphatic rings. The summed E-state index contributed by atoms with van der Waals surface area (Å²) in [6.45, 7) is 5.15. The molecule has 0 atom stereocenters. The lowest BCUT2D eigenvalue weighted by Crippen LogP contribution is -2.51. The third-order valence-electron chi connectivity index (χ3n) is 4.61. The Bertz CT molecular complexity index is 1040. The summed E-state index contributed by atoms with van der Waals surface area (Å²) in [4.78, 5) is 13.0. The van der Waals surface area contributed by atoms with Gasteiger partial charge in [-0.15, -0.1) is 0 Å². The number of thiocarbonyl (C=S) groups is 1. The van der Waals surface area contributed by atoms with Gasteiger partial charge in [-0.2, -0.15) is 4.31 Å². The normalized spacial score (nSPS) is 15.3. The first kappa shape index (κ1) is 21.6. The number of aryl methyl sites for hydroxylation is 2. The van der Waals surface area contributed by atoms with Crippen LogP contribution in [0.5, 0.6) is 0 Å². The van der Waals surface area contributed by atoms with Gasteiger partial charge in [0.15, 0.2) is 10.9 Å². The van der Waals surface area contributed by atoms with Crippen molar-refractivity contribution in [1.82, 2.24) is 9.21 Å². The van der Waals surface area contributed by atoms with Crippen LogP contribution in [-0.4, -0.2) is 54.8 Å². The lowest BCUT2D eigenvalue weighted by atomic mass is 10.1. The highest BCUT2D eigenvalue weighted by Crippen LogP contribution is 2.28. The molecule has 8 nitrogen and oxygen atoms in total. The molecule has 1 fully saturated rings. The molecule has 11 heteroatoms. The number of sulfonamides is 1. The van der Waals surface area contributed by atoms with Crippen molar-refractivity contribution in [3.8, 4) is 0 Å². The van der Waals surface area contributed by atoms with Crippen molar-refractivity contribution in [3.63, 3.8) is 0 Å². The molecule has 0 spiro atoms. The van der Waals surface area contributed by atoms with Crippen molar-refractivity contribution in [2.24, 2.45) is 5.73 Å². The van der Waals surface area contributed by atoms with Gasteiger partial charge >= 0.3 is 0 Å². The Balaban J connectivity index is 1.65. The molecule has 156 valence electrons. The number of carbonyl (C=O) groups excluding carboxylic acids is 1. The van der Waals surface area contributed by atoms with E-state index in [2.05, 4.69) is 5.32 Å². The van der Waals surface area contributed by atoms with E-state index >= 15 is 0 Å². The number of nitrogens with zero attached hydrogens (tertiary/aromatic N) is 2. The quantitative estimate of drug-likeness (QED) is 0.679. The van der Waals surface area contributed by atoms with Crippen molar-refractivity contribution in [2.45, 2.75) is 18.9 Å². The second kappa shape index (κ2) is 8.31. The predicted octanol–water partition coefficient (Wildman–Crippen LogP) is 2.35. The van der Waals surface area contributed by atoms with Gasteiger partial charge in [-0.25, -0.2) is 8.42 Å². The van der Waals surface area contributed by atoms with E-state index in [1.54, 1.807) is 0 Å². The Morgan fingerprint density at radius 2 is 1.86 bits per heavy atom. The van der Waals surface area contributed by atoms with Crippen LogP contribution in [0.15, 0.2) is 33.8 Å². The molecule has 0 unspecified atom stereocenters. The van der Waals surface area contributed by atoms with Crippen LogP contribution in [0.25, 0.3) is 0 Å². The van der Waals surface area contributed by atoms with E-state index < -0.39 is 15.9 Å². The van der Waals surface area contributed by atoms with Crippen LogP contribution >= 0.6 is 23.8 Å². The first-order chi connectivity index (χ1) is 13.6. The number of anilines is 1. The first-order valence-electron chi connectivity index (χ1n) is 8.82. The van der Waals surface area contributed by atoms with E-state index in [-0.39, 0.29) is 23.9 Å². The fourth-order valence-corrected chi connectivity index (χ4v) is 5.10. The number of amides is 1. The summed E-state index contributed by atoms with van der Waals surface area (Å²) >= 11 is 11.8. The van der Waals surface area contributed by atoms with Crippen molar-refractivity contribution in [2.75, 3.05) is 31.5 Å². The van der Waals surface area contributed by atoms with E-state index in [1.807, 2.05) is 30.9 Å². The fraction of sp³-hybridized carbons (Fsp3) is 0.333. The van der Waals surface area contributed by atoms with E-state index in [4.69, 9.17) is 34.0 Å². The van der Waals surface area contributed by atoms with Crippen LogP contribution in [0.2, 0.25) is 5.02 Å². The Kier molecular flexibility index (Phi) is 6.18. The zero-order chi connectivity index (χ0) is 21.3. The van der Waals surface area contributed by atoms with Gasteiger partial charge in [0, 0.05) is 26.2 Å². The van der Waals surface area contributed by atoms with Gasteiger partial charge in [-0.3, -0.25) is 4.79 Å². The molecule has 2 heterocycles. The average molecular weight is 457 g/mol. The monoisotopic (exact) mass is 456 g/mol. The van der Waals surface area contributed by atoms with Crippen molar-refractivity contribution >= 4 is 50.5 Å². The minimum absolute atomic E-state index is 0.196. The average Bonchev–Trinajstić information content (AvgIpc) is 3.16. The minimum atomic E-state index is -3.85. The second-order valence-corrected chi connectivity index (χ2v) is 9.41. The lowest BCUT2D eigenvalue weighted by Gasteiger charge is -2.35. The summed E-state index contributed by atoms with van der Waals surface area (Å²) in [6, 6.07) is 6.34.